The fourth-order valence-electron chi connectivity index (χ4n) is 2.54. The van der Waals surface area contributed by atoms with E-state index in [0.717, 1.165) is 54.4 Å². The molecule has 3 heterocycles. The van der Waals surface area contributed by atoms with E-state index < -0.39 is 0 Å². The van der Waals surface area contributed by atoms with Gasteiger partial charge in [-0.05, 0) is 6.42 Å². The van der Waals surface area contributed by atoms with Crippen molar-refractivity contribution in [3.05, 3.63) is 44.0 Å². The molecule has 0 saturated heterocycles. The molecule has 0 bridgehead atoms. The molecule has 2 aromatic heterocycles. The Kier molecular flexibility index (Phi) is 3.93. The van der Waals surface area contributed by atoms with Gasteiger partial charge in [-0.1, -0.05) is 6.92 Å². The van der Waals surface area contributed by atoms with Crippen LogP contribution >= 0.6 is 11.3 Å². The summed E-state index contributed by atoms with van der Waals surface area (Å²) >= 11 is 1.66. The molecule has 0 fully saturated rings. The summed E-state index contributed by atoms with van der Waals surface area (Å²) < 4.78 is 0. The first kappa shape index (κ1) is 13.5. The summed E-state index contributed by atoms with van der Waals surface area (Å²) in [5.74, 6) is 0.824. The van der Waals surface area contributed by atoms with Crippen molar-refractivity contribution in [2.24, 2.45) is 0 Å². The van der Waals surface area contributed by atoms with E-state index in [1.54, 1.807) is 11.3 Å². The molecule has 1 aliphatic heterocycles. The number of hydrogen-bond acceptors (Lipinski definition) is 5. The van der Waals surface area contributed by atoms with Crippen molar-refractivity contribution in [1.29, 1.82) is 0 Å². The largest absolute Gasteiger partial charge is 0.310 e. The number of fused-ring (bicyclic) bond motifs is 1. The fourth-order valence-corrected chi connectivity index (χ4v) is 3.20. The third kappa shape index (κ3) is 2.81. The molecule has 1 N–H and O–H groups in total. The Morgan fingerprint density at radius 3 is 3.15 bits per heavy atom. The second kappa shape index (κ2) is 5.85. The zero-order valence-corrected chi connectivity index (χ0v) is 12.4. The van der Waals surface area contributed by atoms with Gasteiger partial charge in [-0.25, -0.2) is 9.97 Å². The van der Waals surface area contributed by atoms with Gasteiger partial charge in [0.15, 0.2) is 0 Å². The van der Waals surface area contributed by atoms with Crippen molar-refractivity contribution >= 4 is 11.3 Å². The van der Waals surface area contributed by atoms with E-state index in [9.17, 15) is 4.79 Å². The van der Waals surface area contributed by atoms with Gasteiger partial charge in [-0.3, -0.25) is 9.69 Å². The highest BCUT2D eigenvalue weighted by molar-refractivity contribution is 7.09. The zero-order valence-electron chi connectivity index (χ0n) is 11.6. The number of nitrogens with zero attached hydrogens (tertiary/aromatic N) is 3. The Morgan fingerprint density at radius 2 is 2.40 bits per heavy atom. The molecule has 3 rings (SSSR count). The molecule has 0 radical (unpaired) electrons. The molecule has 0 atom stereocenters. The van der Waals surface area contributed by atoms with E-state index in [1.165, 1.54) is 0 Å². The van der Waals surface area contributed by atoms with Crippen LogP contribution in [0.15, 0.2) is 16.4 Å². The number of nitrogens with one attached hydrogen (secondary N) is 1. The predicted molar refractivity (Wildman–Crippen MR) is 78.8 cm³/mol. The van der Waals surface area contributed by atoms with E-state index in [-0.39, 0.29) is 5.56 Å². The summed E-state index contributed by atoms with van der Waals surface area (Å²) in [5, 5.41) is 3.08. The van der Waals surface area contributed by atoms with Gasteiger partial charge in [-0.2, -0.15) is 0 Å². The van der Waals surface area contributed by atoms with Crippen LogP contribution in [-0.4, -0.2) is 26.4 Å². The number of aromatic amines is 1. The van der Waals surface area contributed by atoms with E-state index in [1.807, 2.05) is 11.6 Å². The van der Waals surface area contributed by atoms with Crippen molar-refractivity contribution in [2.45, 2.75) is 39.3 Å². The normalized spacial score (nSPS) is 15.2. The number of aryl methyl sites for hydroxylation is 1. The molecule has 20 heavy (non-hydrogen) atoms. The van der Waals surface area contributed by atoms with E-state index >= 15 is 0 Å². The maximum atomic E-state index is 12.2. The van der Waals surface area contributed by atoms with Gasteiger partial charge < -0.3 is 4.98 Å². The lowest BCUT2D eigenvalue weighted by atomic mass is 10.1. The van der Waals surface area contributed by atoms with Crippen LogP contribution in [0.1, 0.15) is 35.4 Å². The lowest BCUT2D eigenvalue weighted by molar-refractivity contribution is 0.241. The number of thiazole rings is 1. The minimum Gasteiger partial charge on any atom is -0.310 e. The molecule has 0 saturated carbocycles. The average Bonchev–Trinajstić information content (AvgIpc) is 2.93. The van der Waals surface area contributed by atoms with Gasteiger partial charge in [0, 0.05) is 37.5 Å². The van der Waals surface area contributed by atoms with Crippen LogP contribution in [-0.2, 0) is 25.9 Å². The van der Waals surface area contributed by atoms with Crippen LogP contribution in [0.4, 0.5) is 0 Å². The maximum absolute atomic E-state index is 12.2. The minimum absolute atomic E-state index is 0.0299. The topological polar surface area (TPSA) is 61.9 Å². The molecule has 0 unspecified atom stereocenters. The third-order valence-corrected chi connectivity index (χ3v) is 4.29. The minimum atomic E-state index is 0.0299. The highest BCUT2D eigenvalue weighted by Gasteiger charge is 2.21. The molecule has 0 aromatic carbocycles. The van der Waals surface area contributed by atoms with Gasteiger partial charge in [0.05, 0.1) is 17.8 Å². The van der Waals surface area contributed by atoms with Gasteiger partial charge >= 0.3 is 0 Å². The van der Waals surface area contributed by atoms with Gasteiger partial charge in [-0.15, -0.1) is 11.3 Å². The molecule has 6 heteroatoms. The lowest BCUT2D eigenvalue weighted by Gasteiger charge is -2.26. The Labute approximate surface area is 121 Å². The van der Waals surface area contributed by atoms with Gasteiger partial charge in [0.2, 0.25) is 0 Å². The number of aromatic nitrogens is 3. The fraction of sp³-hybridized carbons (Fsp3) is 0.500. The monoisotopic (exact) mass is 290 g/mol. The molecule has 0 amide bonds. The number of hydrogen-bond donors (Lipinski definition) is 1. The van der Waals surface area contributed by atoms with Crippen LogP contribution in [0.3, 0.4) is 0 Å². The van der Waals surface area contributed by atoms with Crippen molar-refractivity contribution in [1.82, 2.24) is 19.9 Å². The molecule has 0 spiro atoms. The smallest absolute Gasteiger partial charge is 0.255 e. The average molecular weight is 290 g/mol. The quantitative estimate of drug-likeness (QED) is 0.931. The predicted octanol–water partition coefficient (Wildman–Crippen LogP) is 1.74. The molecule has 1 aliphatic rings. The van der Waals surface area contributed by atoms with Crippen LogP contribution in [0.5, 0.6) is 0 Å². The van der Waals surface area contributed by atoms with Crippen molar-refractivity contribution < 1.29 is 0 Å². The Balaban J connectivity index is 1.79. The number of H-pyrrole nitrogens is 1. The van der Waals surface area contributed by atoms with Gasteiger partial charge in [0.1, 0.15) is 10.8 Å². The summed E-state index contributed by atoms with van der Waals surface area (Å²) in [4.78, 5) is 26.2. The first-order valence-corrected chi connectivity index (χ1v) is 7.86. The molecular formula is C14H18N4OS. The number of rotatable bonds is 4. The summed E-state index contributed by atoms with van der Waals surface area (Å²) in [7, 11) is 0. The summed E-state index contributed by atoms with van der Waals surface area (Å²) in [6.45, 7) is 4.51. The van der Waals surface area contributed by atoms with Gasteiger partial charge in [0.25, 0.3) is 5.56 Å². The SMILES string of the molecule is CCCc1nc2c(c(=O)[nH]1)CN(Cc1nccs1)CC2. The highest BCUT2D eigenvalue weighted by atomic mass is 32.1. The Morgan fingerprint density at radius 1 is 1.50 bits per heavy atom. The second-order valence-electron chi connectivity index (χ2n) is 5.07. The summed E-state index contributed by atoms with van der Waals surface area (Å²) in [6.07, 6.45) is 4.51. The molecule has 0 aliphatic carbocycles. The first-order chi connectivity index (χ1) is 9.76. The van der Waals surface area contributed by atoms with E-state index in [0.29, 0.717) is 6.54 Å². The summed E-state index contributed by atoms with van der Waals surface area (Å²) in [5.41, 5.74) is 1.84. The van der Waals surface area contributed by atoms with E-state index in [2.05, 4.69) is 26.8 Å². The second-order valence-corrected chi connectivity index (χ2v) is 6.05. The molecule has 5 nitrogen and oxygen atoms in total. The highest BCUT2D eigenvalue weighted by Crippen LogP contribution is 2.17. The standard InChI is InChI=1S/C14H18N4OS/c1-2-3-12-16-11-4-6-18(8-10(11)14(19)17-12)9-13-15-5-7-20-13/h5,7H,2-4,6,8-9H2,1H3,(H,16,17,19). The van der Waals surface area contributed by atoms with Crippen molar-refractivity contribution in [2.75, 3.05) is 6.54 Å². The van der Waals surface area contributed by atoms with Crippen molar-refractivity contribution in [3.63, 3.8) is 0 Å². The van der Waals surface area contributed by atoms with Crippen LogP contribution in [0.2, 0.25) is 0 Å². The Bertz CT molecular complexity index is 635. The van der Waals surface area contributed by atoms with Crippen LogP contribution < -0.4 is 5.56 Å². The first-order valence-electron chi connectivity index (χ1n) is 6.98. The molecule has 2 aromatic rings. The molecular weight excluding hydrogens is 272 g/mol. The van der Waals surface area contributed by atoms with E-state index in [4.69, 9.17) is 0 Å². The third-order valence-electron chi connectivity index (χ3n) is 3.53. The summed E-state index contributed by atoms with van der Waals surface area (Å²) in [6, 6.07) is 0. The molecule has 106 valence electrons. The lowest BCUT2D eigenvalue weighted by Crippen LogP contribution is -2.35. The maximum Gasteiger partial charge on any atom is 0.255 e. The van der Waals surface area contributed by atoms with Crippen LogP contribution in [0, 0.1) is 0 Å². The van der Waals surface area contributed by atoms with Crippen LogP contribution in [0.25, 0.3) is 0 Å². The van der Waals surface area contributed by atoms with Crippen molar-refractivity contribution in [3.8, 4) is 0 Å². The zero-order chi connectivity index (χ0) is 13.9. The Hall–Kier alpha value is -1.53.